The summed E-state index contributed by atoms with van der Waals surface area (Å²) in [7, 11) is 2.78. The van der Waals surface area contributed by atoms with Crippen LogP contribution in [0.2, 0.25) is 0 Å². The summed E-state index contributed by atoms with van der Waals surface area (Å²) in [6.07, 6.45) is 6.15. The van der Waals surface area contributed by atoms with Gasteiger partial charge in [0.25, 0.3) is 0 Å². The molecule has 2 heterocycles. The molecule has 28 heavy (non-hydrogen) atoms. The number of carbonyl (C=O) groups is 2. The summed E-state index contributed by atoms with van der Waals surface area (Å²) < 4.78 is 8.96. The Balaban J connectivity index is 0.000000238. The Bertz CT molecular complexity index is 801. The average molecular weight is 421 g/mol. The fraction of sp³-hybridized carbons (Fsp3) is 0.364. The fourth-order valence-electron chi connectivity index (χ4n) is 2.73. The van der Waals surface area contributed by atoms with Crippen molar-refractivity contribution in [2.24, 2.45) is 0 Å². The second kappa shape index (κ2) is 12.3. The molecule has 0 bridgehead atoms. The zero-order chi connectivity index (χ0) is 21.1. The van der Waals surface area contributed by atoms with Gasteiger partial charge in [-0.15, -0.1) is 22.7 Å². The molecule has 1 aliphatic carbocycles. The molecule has 1 unspecified atom stereocenters. The van der Waals surface area contributed by atoms with Gasteiger partial charge in [0, 0.05) is 25.6 Å². The van der Waals surface area contributed by atoms with Crippen molar-refractivity contribution in [2.75, 3.05) is 14.2 Å². The lowest BCUT2D eigenvalue weighted by atomic mass is 9.88. The summed E-state index contributed by atoms with van der Waals surface area (Å²) >= 11 is 3.58. The zero-order valence-corrected chi connectivity index (χ0v) is 18.6. The van der Waals surface area contributed by atoms with E-state index in [1.54, 1.807) is 11.3 Å². The van der Waals surface area contributed by atoms with Crippen LogP contribution in [0.1, 0.15) is 43.8 Å². The molecule has 0 saturated heterocycles. The highest BCUT2D eigenvalue weighted by Crippen LogP contribution is 2.37. The molecule has 3 rings (SSSR count). The smallest absolute Gasteiger partial charge is 0.329 e. The van der Waals surface area contributed by atoms with E-state index in [0.717, 1.165) is 25.3 Å². The maximum atomic E-state index is 11.5. The summed E-state index contributed by atoms with van der Waals surface area (Å²) in [6.45, 7) is 11.0. The Morgan fingerprint density at radius 1 is 1.11 bits per heavy atom. The third-order valence-corrected chi connectivity index (χ3v) is 6.18. The predicted octanol–water partition coefficient (Wildman–Crippen LogP) is 5.69. The zero-order valence-electron chi connectivity index (χ0n) is 16.9. The second-order valence-corrected chi connectivity index (χ2v) is 8.74. The van der Waals surface area contributed by atoms with Gasteiger partial charge in [-0.1, -0.05) is 19.2 Å². The molecular formula is C22H28O4S2. The number of hydrogen-bond acceptors (Lipinski definition) is 6. The van der Waals surface area contributed by atoms with Crippen molar-refractivity contribution in [2.45, 2.75) is 39.0 Å². The summed E-state index contributed by atoms with van der Waals surface area (Å²) in [5.41, 5.74) is 1.21. The molecule has 0 aromatic carbocycles. The lowest BCUT2D eigenvalue weighted by Crippen LogP contribution is -2.18. The maximum absolute atomic E-state index is 11.5. The monoisotopic (exact) mass is 420 g/mol. The van der Waals surface area contributed by atoms with Crippen LogP contribution in [-0.4, -0.2) is 26.2 Å². The van der Waals surface area contributed by atoms with Crippen molar-refractivity contribution in [3.05, 3.63) is 62.5 Å². The van der Waals surface area contributed by atoms with E-state index >= 15 is 0 Å². The number of ether oxygens (including phenoxy) is 2. The van der Waals surface area contributed by atoms with Gasteiger partial charge in [0.05, 0.1) is 20.1 Å². The van der Waals surface area contributed by atoms with E-state index in [4.69, 9.17) is 4.74 Å². The molecule has 0 spiro atoms. The van der Waals surface area contributed by atoms with E-state index in [2.05, 4.69) is 49.9 Å². The Morgan fingerprint density at radius 2 is 1.82 bits per heavy atom. The first-order chi connectivity index (χ1) is 13.4. The lowest BCUT2D eigenvalue weighted by Gasteiger charge is -2.19. The molecule has 2 aromatic heterocycles. The molecule has 0 fully saturated rings. The molecule has 0 amide bonds. The standard InChI is InChI=1S/C11H14O2S.C7H8S.C4H6O2/c1-7-6-9-8(11(12)13-2)4-3-5-10(9)14-7;1-3-7-5-4-6(2)8-7;1-3-4(5)6-2/h6,8H,3-5H2,1-2H3;3-5H,1H2,2H3;3H,1H2,2H3. The molecule has 0 saturated carbocycles. The van der Waals surface area contributed by atoms with Gasteiger partial charge >= 0.3 is 11.9 Å². The predicted molar refractivity (Wildman–Crippen MR) is 118 cm³/mol. The molecule has 4 nitrogen and oxygen atoms in total. The van der Waals surface area contributed by atoms with Crippen molar-refractivity contribution in [1.29, 1.82) is 0 Å². The second-order valence-electron chi connectivity index (χ2n) is 6.08. The first kappa shape index (κ1) is 23.9. The van der Waals surface area contributed by atoms with Crippen LogP contribution >= 0.6 is 22.7 Å². The first-order valence-electron chi connectivity index (χ1n) is 8.92. The molecule has 152 valence electrons. The number of methoxy groups -OCH3 is 2. The Kier molecular flexibility index (Phi) is 10.5. The largest absolute Gasteiger partial charge is 0.469 e. The van der Waals surface area contributed by atoms with Crippen molar-refractivity contribution in [1.82, 2.24) is 0 Å². The Labute approximate surface area is 175 Å². The van der Waals surface area contributed by atoms with Crippen LogP contribution in [0.3, 0.4) is 0 Å². The summed E-state index contributed by atoms with van der Waals surface area (Å²) in [5.74, 6) is -0.479. The Hall–Kier alpha value is -2.18. The fourth-order valence-corrected chi connectivity index (χ4v) is 4.60. The van der Waals surface area contributed by atoms with Crippen LogP contribution in [0.5, 0.6) is 0 Å². The quantitative estimate of drug-likeness (QED) is 0.472. The SMILES string of the molecule is C=CC(=O)OC.C=Cc1ccc(C)s1.COC(=O)C1CCCc2sc(C)cc21. The third-order valence-electron chi connectivity index (χ3n) is 4.05. The number of carbonyl (C=O) groups excluding carboxylic acids is 2. The van der Waals surface area contributed by atoms with Crippen molar-refractivity contribution in [3.63, 3.8) is 0 Å². The highest BCUT2D eigenvalue weighted by Gasteiger charge is 2.28. The van der Waals surface area contributed by atoms with E-state index in [1.807, 2.05) is 17.4 Å². The minimum Gasteiger partial charge on any atom is -0.469 e. The lowest BCUT2D eigenvalue weighted by molar-refractivity contribution is -0.142. The van der Waals surface area contributed by atoms with Crippen LogP contribution in [0.15, 0.2) is 37.4 Å². The van der Waals surface area contributed by atoms with Crippen LogP contribution in [-0.2, 0) is 25.5 Å². The van der Waals surface area contributed by atoms with Gasteiger partial charge in [-0.05, 0) is 56.9 Å². The van der Waals surface area contributed by atoms with E-state index < -0.39 is 5.97 Å². The number of rotatable bonds is 3. The van der Waals surface area contributed by atoms with Crippen LogP contribution in [0.4, 0.5) is 0 Å². The van der Waals surface area contributed by atoms with Gasteiger partial charge in [-0.25, -0.2) is 4.79 Å². The van der Waals surface area contributed by atoms with Crippen LogP contribution in [0, 0.1) is 13.8 Å². The minimum atomic E-state index is -0.394. The topological polar surface area (TPSA) is 52.6 Å². The summed E-state index contributed by atoms with van der Waals surface area (Å²) in [4.78, 5) is 26.6. The molecular weight excluding hydrogens is 392 g/mol. The minimum absolute atomic E-state index is 0.00583. The van der Waals surface area contributed by atoms with Gasteiger partial charge in [0.15, 0.2) is 0 Å². The van der Waals surface area contributed by atoms with Crippen LogP contribution in [0.25, 0.3) is 6.08 Å². The van der Waals surface area contributed by atoms with E-state index in [0.29, 0.717) is 0 Å². The highest BCUT2D eigenvalue weighted by molar-refractivity contribution is 7.12. The molecule has 0 radical (unpaired) electrons. The number of thiophene rings is 2. The molecule has 6 heteroatoms. The molecule has 0 aliphatic heterocycles. The maximum Gasteiger partial charge on any atom is 0.329 e. The molecule has 2 aromatic rings. The molecule has 1 atom stereocenters. The summed E-state index contributed by atoms with van der Waals surface area (Å²) in [5, 5.41) is 0. The van der Waals surface area contributed by atoms with Gasteiger partial charge < -0.3 is 9.47 Å². The third kappa shape index (κ3) is 7.44. The van der Waals surface area contributed by atoms with Gasteiger partial charge in [-0.3, -0.25) is 4.79 Å². The number of esters is 2. The van der Waals surface area contributed by atoms with Crippen molar-refractivity contribution < 1.29 is 19.1 Å². The van der Waals surface area contributed by atoms with E-state index in [1.165, 1.54) is 39.3 Å². The average Bonchev–Trinajstić information content (AvgIpc) is 3.31. The number of fused-ring (bicyclic) bond motifs is 1. The van der Waals surface area contributed by atoms with E-state index in [-0.39, 0.29) is 11.9 Å². The van der Waals surface area contributed by atoms with E-state index in [9.17, 15) is 9.59 Å². The Morgan fingerprint density at radius 3 is 2.25 bits per heavy atom. The van der Waals surface area contributed by atoms with Gasteiger partial charge in [0.2, 0.25) is 0 Å². The van der Waals surface area contributed by atoms with Gasteiger partial charge in [-0.2, -0.15) is 0 Å². The van der Waals surface area contributed by atoms with Crippen molar-refractivity contribution >= 4 is 40.7 Å². The first-order valence-corrected chi connectivity index (χ1v) is 10.6. The molecule has 1 aliphatic rings. The number of hydrogen-bond donors (Lipinski definition) is 0. The highest BCUT2D eigenvalue weighted by atomic mass is 32.1. The number of aryl methyl sites for hydroxylation is 3. The molecule has 0 N–H and O–H groups in total. The van der Waals surface area contributed by atoms with Crippen LogP contribution < -0.4 is 0 Å². The summed E-state index contributed by atoms with van der Waals surface area (Å²) in [6, 6.07) is 6.31. The van der Waals surface area contributed by atoms with Gasteiger partial charge in [0.1, 0.15) is 0 Å². The van der Waals surface area contributed by atoms with Crippen molar-refractivity contribution in [3.8, 4) is 0 Å². The normalized spacial score (nSPS) is 14.2.